The molecule has 0 unspecified atom stereocenters. The van der Waals surface area contributed by atoms with Crippen LogP contribution in [0.4, 0.5) is 11.4 Å². The molecule has 1 heterocycles. The molecule has 1 N–H and O–H groups in total. The Morgan fingerprint density at radius 1 is 1.31 bits per heavy atom. The first-order valence-electron chi connectivity index (χ1n) is 8.72. The van der Waals surface area contributed by atoms with E-state index in [1.165, 1.54) is 5.56 Å². The molecular weight excluding hydrogens is 352 g/mol. The quantitative estimate of drug-likeness (QED) is 0.440. The van der Waals surface area contributed by atoms with Gasteiger partial charge in [-0.05, 0) is 54.7 Å². The molecule has 2 aliphatic rings. The minimum absolute atomic E-state index is 0.00332. The highest BCUT2D eigenvalue weighted by atomic mass is 35.5. The lowest BCUT2D eigenvalue weighted by atomic mass is 9.77. The monoisotopic (exact) mass is 370 g/mol. The predicted molar refractivity (Wildman–Crippen MR) is 102 cm³/mol. The molecule has 0 spiro atoms. The summed E-state index contributed by atoms with van der Waals surface area (Å²) in [4.78, 5) is 10.8. The van der Waals surface area contributed by atoms with E-state index >= 15 is 0 Å². The average molecular weight is 371 g/mol. The van der Waals surface area contributed by atoms with Crippen LogP contribution in [0.5, 0.6) is 5.75 Å². The van der Waals surface area contributed by atoms with Gasteiger partial charge in [-0.25, -0.2) is 0 Å². The normalized spacial score (nSPS) is 23.1. The van der Waals surface area contributed by atoms with Crippen molar-refractivity contribution in [1.82, 2.24) is 0 Å². The van der Waals surface area contributed by atoms with E-state index in [-0.39, 0.29) is 22.7 Å². The minimum atomic E-state index is -0.429. The van der Waals surface area contributed by atoms with Crippen molar-refractivity contribution in [3.63, 3.8) is 0 Å². The van der Waals surface area contributed by atoms with Gasteiger partial charge < -0.3 is 10.1 Å². The van der Waals surface area contributed by atoms with Crippen molar-refractivity contribution in [2.45, 2.75) is 25.3 Å². The van der Waals surface area contributed by atoms with Gasteiger partial charge in [0.1, 0.15) is 10.8 Å². The fourth-order valence-electron chi connectivity index (χ4n) is 4.02. The molecule has 3 atom stereocenters. The molecule has 0 saturated carbocycles. The van der Waals surface area contributed by atoms with Crippen LogP contribution in [0.3, 0.4) is 0 Å². The number of nitrogens with zero attached hydrogens (tertiary/aromatic N) is 1. The van der Waals surface area contributed by atoms with Gasteiger partial charge in [0, 0.05) is 17.7 Å². The van der Waals surface area contributed by atoms with Gasteiger partial charge in [-0.3, -0.25) is 10.1 Å². The van der Waals surface area contributed by atoms with Crippen molar-refractivity contribution in [3.05, 3.63) is 74.8 Å². The number of ether oxygens (including phenoxy) is 1. The number of anilines is 1. The molecule has 0 amide bonds. The highest BCUT2D eigenvalue weighted by Gasteiger charge is 2.38. The first-order chi connectivity index (χ1) is 12.6. The second-order valence-electron chi connectivity index (χ2n) is 6.63. The maximum atomic E-state index is 11.3. The fourth-order valence-corrected chi connectivity index (χ4v) is 4.21. The second kappa shape index (κ2) is 6.65. The van der Waals surface area contributed by atoms with Crippen molar-refractivity contribution in [2.75, 3.05) is 11.9 Å². The predicted octanol–water partition coefficient (Wildman–Crippen LogP) is 5.47. The van der Waals surface area contributed by atoms with Gasteiger partial charge in [0.15, 0.2) is 0 Å². The highest BCUT2D eigenvalue weighted by molar-refractivity contribution is 6.32. The zero-order valence-electron chi connectivity index (χ0n) is 14.3. The lowest BCUT2D eigenvalue weighted by molar-refractivity contribution is -0.384. The first kappa shape index (κ1) is 16.9. The summed E-state index contributed by atoms with van der Waals surface area (Å²) in [6.45, 7) is 2.60. The standard InChI is InChI=1S/C20H19ClN2O3/c1-2-26-13-7-9-18-16(11-13)14-4-3-5-15(14)20(22-18)12-6-8-17(21)19(10-12)23(24)25/h3-4,6-11,14-15,20,22H,2,5H2,1H3/t14-,15+,20-/m1/s1. The fraction of sp³-hybridized carbons (Fsp3) is 0.300. The van der Waals surface area contributed by atoms with Crippen LogP contribution >= 0.6 is 11.6 Å². The molecule has 2 aromatic rings. The summed E-state index contributed by atoms with van der Waals surface area (Å²) >= 11 is 5.98. The molecule has 0 aromatic heterocycles. The molecule has 0 radical (unpaired) electrons. The topological polar surface area (TPSA) is 64.4 Å². The summed E-state index contributed by atoms with van der Waals surface area (Å²) < 4.78 is 5.65. The van der Waals surface area contributed by atoms with Crippen LogP contribution in [0, 0.1) is 16.0 Å². The van der Waals surface area contributed by atoms with E-state index in [0.717, 1.165) is 23.4 Å². The van der Waals surface area contributed by atoms with Crippen molar-refractivity contribution < 1.29 is 9.66 Å². The van der Waals surface area contributed by atoms with Gasteiger partial charge in [-0.15, -0.1) is 0 Å². The summed E-state index contributed by atoms with van der Waals surface area (Å²) in [5.41, 5.74) is 3.10. The molecule has 1 aliphatic carbocycles. The summed E-state index contributed by atoms with van der Waals surface area (Å²) in [5, 5.41) is 15.0. The Morgan fingerprint density at radius 3 is 2.92 bits per heavy atom. The third-order valence-corrected chi connectivity index (χ3v) is 5.49. The van der Waals surface area contributed by atoms with E-state index < -0.39 is 4.92 Å². The van der Waals surface area contributed by atoms with Crippen molar-refractivity contribution in [3.8, 4) is 5.75 Å². The number of nitro groups is 1. The van der Waals surface area contributed by atoms with Crippen LogP contribution in [-0.4, -0.2) is 11.5 Å². The van der Waals surface area contributed by atoms with Crippen molar-refractivity contribution in [2.24, 2.45) is 5.92 Å². The molecular formula is C20H19ClN2O3. The van der Waals surface area contributed by atoms with Crippen LogP contribution in [-0.2, 0) is 0 Å². The maximum Gasteiger partial charge on any atom is 0.288 e. The van der Waals surface area contributed by atoms with E-state index in [9.17, 15) is 10.1 Å². The Morgan fingerprint density at radius 2 is 2.15 bits per heavy atom. The number of hydrogen-bond acceptors (Lipinski definition) is 4. The van der Waals surface area contributed by atoms with Crippen LogP contribution in [0.1, 0.15) is 36.4 Å². The van der Waals surface area contributed by atoms with Gasteiger partial charge in [-0.2, -0.15) is 0 Å². The van der Waals surface area contributed by atoms with Crippen LogP contribution in [0.25, 0.3) is 0 Å². The third-order valence-electron chi connectivity index (χ3n) is 5.17. The molecule has 1 aliphatic heterocycles. The molecule has 0 fully saturated rings. The molecule has 5 nitrogen and oxygen atoms in total. The number of nitro benzene ring substituents is 1. The number of allylic oxidation sites excluding steroid dienone is 2. The maximum absolute atomic E-state index is 11.3. The van der Waals surface area contributed by atoms with Gasteiger partial charge in [0.05, 0.1) is 17.6 Å². The zero-order chi connectivity index (χ0) is 18.3. The van der Waals surface area contributed by atoms with Gasteiger partial charge in [0.25, 0.3) is 5.69 Å². The van der Waals surface area contributed by atoms with E-state index in [2.05, 4.69) is 23.5 Å². The molecule has 0 saturated heterocycles. The van der Waals surface area contributed by atoms with Crippen LogP contribution in [0.2, 0.25) is 5.02 Å². The minimum Gasteiger partial charge on any atom is -0.494 e. The summed E-state index contributed by atoms with van der Waals surface area (Å²) in [6, 6.07) is 11.2. The number of hydrogen-bond donors (Lipinski definition) is 1. The number of halogens is 1. The van der Waals surface area contributed by atoms with Crippen molar-refractivity contribution in [1.29, 1.82) is 0 Å². The lowest BCUT2D eigenvalue weighted by Gasteiger charge is -2.37. The number of nitrogens with one attached hydrogen (secondary N) is 1. The molecule has 26 heavy (non-hydrogen) atoms. The highest BCUT2D eigenvalue weighted by Crippen LogP contribution is 2.51. The van der Waals surface area contributed by atoms with Gasteiger partial charge >= 0.3 is 0 Å². The first-order valence-corrected chi connectivity index (χ1v) is 9.10. The largest absolute Gasteiger partial charge is 0.494 e. The summed E-state index contributed by atoms with van der Waals surface area (Å²) in [5.74, 6) is 1.44. The number of benzene rings is 2. The number of rotatable bonds is 4. The lowest BCUT2D eigenvalue weighted by Crippen LogP contribution is -2.29. The molecule has 4 rings (SSSR count). The Bertz CT molecular complexity index is 897. The van der Waals surface area contributed by atoms with E-state index in [1.54, 1.807) is 12.1 Å². The van der Waals surface area contributed by atoms with E-state index in [0.29, 0.717) is 12.5 Å². The summed E-state index contributed by atoms with van der Waals surface area (Å²) in [7, 11) is 0. The van der Waals surface area contributed by atoms with Crippen LogP contribution < -0.4 is 10.1 Å². The Labute approximate surface area is 156 Å². The Hall–Kier alpha value is -2.53. The third kappa shape index (κ3) is 2.82. The van der Waals surface area contributed by atoms with Crippen molar-refractivity contribution >= 4 is 23.0 Å². The molecule has 0 bridgehead atoms. The molecule has 2 aromatic carbocycles. The van der Waals surface area contributed by atoms with Crippen LogP contribution in [0.15, 0.2) is 48.6 Å². The summed E-state index contributed by atoms with van der Waals surface area (Å²) in [6.07, 6.45) is 5.35. The smallest absolute Gasteiger partial charge is 0.288 e. The van der Waals surface area contributed by atoms with Gasteiger partial charge in [-0.1, -0.05) is 29.8 Å². The average Bonchev–Trinajstić information content (AvgIpc) is 3.12. The number of fused-ring (bicyclic) bond motifs is 3. The zero-order valence-corrected chi connectivity index (χ0v) is 15.1. The van der Waals surface area contributed by atoms with Gasteiger partial charge in [0.2, 0.25) is 0 Å². The van der Waals surface area contributed by atoms with E-state index in [4.69, 9.17) is 16.3 Å². The molecule has 6 heteroatoms. The Kier molecular flexibility index (Phi) is 4.32. The van der Waals surface area contributed by atoms with E-state index in [1.807, 2.05) is 25.1 Å². The molecule has 134 valence electrons. The Balaban J connectivity index is 1.74. The SMILES string of the molecule is CCOc1ccc2c(c1)[C@@H]1C=CC[C@@H]1[C@@H](c1ccc(Cl)c([N+](=O)[O-])c1)N2. The second-order valence-corrected chi connectivity index (χ2v) is 7.03.